The van der Waals surface area contributed by atoms with E-state index in [9.17, 15) is 4.79 Å². The van der Waals surface area contributed by atoms with Crippen LogP contribution in [0.25, 0.3) is 23.0 Å². The maximum atomic E-state index is 13.6. The second-order valence-corrected chi connectivity index (χ2v) is 11.2. The predicted octanol–water partition coefficient (Wildman–Crippen LogP) is 7.60. The summed E-state index contributed by atoms with van der Waals surface area (Å²) in [5.41, 5.74) is 5.65. The van der Waals surface area contributed by atoms with Crippen LogP contribution < -0.4 is 4.74 Å². The molecule has 1 amide bonds. The Kier molecular flexibility index (Phi) is 7.49. The van der Waals surface area contributed by atoms with Crippen LogP contribution in [0.1, 0.15) is 43.5 Å². The lowest BCUT2D eigenvalue weighted by Crippen LogP contribution is -2.30. The number of thioether (sulfide) groups is 1. The van der Waals surface area contributed by atoms with Crippen molar-refractivity contribution in [1.29, 1.82) is 0 Å². The summed E-state index contributed by atoms with van der Waals surface area (Å²) in [5, 5.41) is 4.95. The summed E-state index contributed by atoms with van der Waals surface area (Å²) in [5.74, 6) is 0.730. The highest BCUT2D eigenvalue weighted by Gasteiger charge is 2.36. The van der Waals surface area contributed by atoms with Crippen LogP contribution in [-0.2, 0) is 4.79 Å². The van der Waals surface area contributed by atoms with E-state index in [1.165, 1.54) is 11.8 Å². The smallest absolute Gasteiger partial charge is 0.266 e. The number of ether oxygens (including phenoxy) is 1. The van der Waals surface area contributed by atoms with E-state index in [1.54, 1.807) is 4.90 Å². The van der Waals surface area contributed by atoms with E-state index in [4.69, 9.17) is 22.1 Å². The molecule has 0 radical (unpaired) electrons. The van der Waals surface area contributed by atoms with Crippen LogP contribution in [-0.4, -0.2) is 31.0 Å². The normalized spacial score (nSPS) is 15.5. The lowest BCUT2D eigenvalue weighted by atomic mass is 10.0. The number of para-hydroxylation sites is 1. The van der Waals surface area contributed by atoms with Gasteiger partial charge in [-0.05, 0) is 75.2 Å². The topological polar surface area (TPSA) is 47.4 Å². The van der Waals surface area contributed by atoms with Gasteiger partial charge in [-0.15, -0.1) is 0 Å². The molecule has 1 atom stereocenters. The van der Waals surface area contributed by atoms with Gasteiger partial charge >= 0.3 is 0 Å². The summed E-state index contributed by atoms with van der Waals surface area (Å²) in [6, 6.07) is 25.8. The number of rotatable bonds is 7. The van der Waals surface area contributed by atoms with Gasteiger partial charge in [0, 0.05) is 17.3 Å². The number of benzene rings is 3. The maximum Gasteiger partial charge on any atom is 0.266 e. The van der Waals surface area contributed by atoms with E-state index in [0.717, 1.165) is 39.4 Å². The number of thiocarbonyl (C=S) groups is 1. The average molecular weight is 540 g/mol. The summed E-state index contributed by atoms with van der Waals surface area (Å²) in [6.07, 6.45) is 3.97. The second kappa shape index (κ2) is 11.0. The number of amides is 1. The quantitative estimate of drug-likeness (QED) is 0.179. The molecule has 5 nitrogen and oxygen atoms in total. The highest BCUT2D eigenvalue weighted by molar-refractivity contribution is 8.26. The van der Waals surface area contributed by atoms with Crippen LogP contribution in [0, 0.1) is 6.92 Å². The van der Waals surface area contributed by atoms with E-state index in [0.29, 0.717) is 9.23 Å². The Balaban J connectivity index is 1.55. The molecule has 1 unspecified atom stereocenters. The molecule has 1 aromatic heterocycles. The highest BCUT2D eigenvalue weighted by atomic mass is 32.2. The molecule has 0 N–H and O–H groups in total. The van der Waals surface area contributed by atoms with Crippen molar-refractivity contribution in [3.63, 3.8) is 0 Å². The zero-order valence-electron chi connectivity index (χ0n) is 21.8. The molecule has 1 saturated heterocycles. The Morgan fingerprint density at radius 3 is 2.32 bits per heavy atom. The molecule has 2 heterocycles. The number of hydrogen-bond donors (Lipinski definition) is 0. The second-order valence-electron chi connectivity index (χ2n) is 9.49. The van der Waals surface area contributed by atoms with Gasteiger partial charge in [-0.2, -0.15) is 5.10 Å². The van der Waals surface area contributed by atoms with Crippen LogP contribution in [0.15, 0.2) is 90.0 Å². The molecule has 0 aliphatic carbocycles. The highest BCUT2D eigenvalue weighted by Crippen LogP contribution is 2.39. The lowest BCUT2D eigenvalue weighted by Gasteiger charge is -2.23. The Bertz CT molecular complexity index is 1510. The zero-order chi connectivity index (χ0) is 26.8. The van der Waals surface area contributed by atoms with Gasteiger partial charge in [0.2, 0.25) is 0 Å². The molecule has 5 rings (SSSR count). The minimum Gasteiger partial charge on any atom is -0.491 e. The van der Waals surface area contributed by atoms with Crippen molar-refractivity contribution >= 4 is 40.3 Å². The molecule has 0 bridgehead atoms. The number of aryl methyl sites for hydroxylation is 1. The molecule has 192 valence electrons. The molecule has 1 fully saturated rings. The van der Waals surface area contributed by atoms with Crippen LogP contribution >= 0.6 is 24.0 Å². The van der Waals surface area contributed by atoms with E-state index in [1.807, 2.05) is 117 Å². The molecule has 0 saturated carbocycles. The molecule has 4 aromatic rings. The van der Waals surface area contributed by atoms with Gasteiger partial charge < -0.3 is 4.74 Å². The number of carbonyl (C=O) groups is 1. The molecule has 7 heteroatoms. The first kappa shape index (κ1) is 25.9. The Labute approximate surface area is 233 Å². The molecule has 38 heavy (non-hydrogen) atoms. The van der Waals surface area contributed by atoms with Crippen molar-refractivity contribution in [1.82, 2.24) is 14.7 Å². The first-order chi connectivity index (χ1) is 18.3. The fourth-order valence-corrected chi connectivity index (χ4v) is 5.91. The minimum absolute atomic E-state index is 0.0906. The molecule has 1 aliphatic rings. The molecule has 3 aromatic carbocycles. The van der Waals surface area contributed by atoms with Gasteiger partial charge in [-0.25, -0.2) is 4.68 Å². The van der Waals surface area contributed by atoms with E-state index >= 15 is 0 Å². The monoisotopic (exact) mass is 539 g/mol. The van der Waals surface area contributed by atoms with E-state index < -0.39 is 0 Å². The van der Waals surface area contributed by atoms with Crippen LogP contribution in [0.4, 0.5) is 0 Å². The van der Waals surface area contributed by atoms with Gasteiger partial charge in [0.25, 0.3) is 5.91 Å². The van der Waals surface area contributed by atoms with Gasteiger partial charge in [0.1, 0.15) is 15.8 Å². The SMILES string of the molecule is Cc1cc(OC(C)C)ccc1-c1nn(-c2ccccc2)cc1C=C1SC(=S)N(C(C)c2ccccc2)C1=O. The number of nitrogens with zero attached hydrogens (tertiary/aromatic N) is 3. The van der Waals surface area contributed by atoms with Crippen molar-refractivity contribution in [2.45, 2.75) is 39.8 Å². The Morgan fingerprint density at radius 1 is 0.974 bits per heavy atom. The third-order valence-corrected chi connectivity index (χ3v) is 7.70. The van der Waals surface area contributed by atoms with E-state index in [-0.39, 0.29) is 18.1 Å². The fraction of sp³-hybridized carbons (Fsp3) is 0.194. The standard InChI is InChI=1S/C31H29N3O2S2/c1-20(2)36-26-15-16-27(21(3)17-26)29-24(19-33(32-29)25-13-9-6-10-14-25)18-28-30(35)34(31(37)38-28)22(4)23-11-7-5-8-12-23/h5-20,22H,1-4H3. The lowest BCUT2D eigenvalue weighted by molar-refractivity contribution is -0.123. The Hall–Kier alpha value is -3.68. The third kappa shape index (κ3) is 5.30. The largest absolute Gasteiger partial charge is 0.491 e. The minimum atomic E-state index is -0.156. The van der Waals surface area contributed by atoms with Crippen molar-refractivity contribution in [3.8, 4) is 22.7 Å². The summed E-state index contributed by atoms with van der Waals surface area (Å²) in [7, 11) is 0. The fourth-order valence-electron chi connectivity index (χ4n) is 4.50. The van der Waals surface area contributed by atoms with Gasteiger partial charge in [0.05, 0.1) is 22.7 Å². The van der Waals surface area contributed by atoms with Gasteiger partial charge in [-0.1, -0.05) is 72.5 Å². The average Bonchev–Trinajstić information content (AvgIpc) is 3.44. The summed E-state index contributed by atoms with van der Waals surface area (Å²) in [4.78, 5) is 15.9. The maximum absolute atomic E-state index is 13.6. The van der Waals surface area contributed by atoms with Crippen molar-refractivity contribution < 1.29 is 9.53 Å². The van der Waals surface area contributed by atoms with Gasteiger partial charge in [0.15, 0.2) is 0 Å². The van der Waals surface area contributed by atoms with Crippen molar-refractivity contribution in [3.05, 3.63) is 107 Å². The predicted molar refractivity (Wildman–Crippen MR) is 159 cm³/mol. The first-order valence-electron chi connectivity index (χ1n) is 12.6. The number of aromatic nitrogens is 2. The zero-order valence-corrected chi connectivity index (χ0v) is 23.4. The number of hydrogen-bond acceptors (Lipinski definition) is 5. The molecule has 0 spiro atoms. The molecular weight excluding hydrogens is 510 g/mol. The summed E-state index contributed by atoms with van der Waals surface area (Å²) < 4.78 is 8.30. The molecular formula is C31H29N3O2S2. The van der Waals surface area contributed by atoms with Gasteiger partial charge in [-0.3, -0.25) is 9.69 Å². The van der Waals surface area contributed by atoms with E-state index in [2.05, 4.69) is 6.92 Å². The van der Waals surface area contributed by atoms with Crippen LogP contribution in [0.2, 0.25) is 0 Å². The van der Waals surface area contributed by atoms with Crippen LogP contribution in [0.5, 0.6) is 5.75 Å². The summed E-state index contributed by atoms with van der Waals surface area (Å²) in [6.45, 7) is 8.08. The molecule has 1 aliphatic heterocycles. The van der Waals surface area contributed by atoms with Crippen molar-refractivity contribution in [2.24, 2.45) is 0 Å². The number of carbonyl (C=O) groups excluding carboxylic acids is 1. The Morgan fingerprint density at radius 2 is 1.66 bits per heavy atom. The third-order valence-electron chi connectivity index (χ3n) is 6.37. The van der Waals surface area contributed by atoms with Crippen molar-refractivity contribution in [2.75, 3.05) is 0 Å². The first-order valence-corrected chi connectivity index (χ1v) is 13.8. The summed E-state index contributed by atoms with van der Waals surface area (Å²) >= 11 is 6.99. The van der Waals surface area contributed by atoms with Crippen LogP contribution in [0.3, 0.4) is 0 Å².